The lowest BCUT2D eigenvalue weighted by Gasteiger charge is -2.07. The molecule has 0 aliphatic heterocycles. The number of aromatic nitrogens is 4. The number of halogens is 2. The van der Waals surface area contributed by atoms with Crippen molar-refractivity contribution in [1.82, 2.24) is 25.1 Å². The van der Waals surface area contributed by atoms with Gasteiger partial charge in [-0.05, 0) is 36.2 Å². The summed E-state index contributed by atoms with van der Waals surface area (Å²) in [5.74, 6) is -0.0760. The summed E-state index contributed by atoms with van der Waals surface area (Å²) in [5.41, 5.74) is 1.72. The van der Waals surface area contributed by atoms with Crippen molar-refractivity contribution in [3.63, 3.8) is 0 Å². The molecule has 0 unspecified atom stereocenters. The van der Waals surface area contributed by atoms with Crippen LogP contribution in [0.2, 0.25) is 0 Å². The van der Waals surface area contributed by atoms with Crippen LogP contribution in [0.15, 0.2) is 70.7 Å². The van der Waals surface area contributed by atoms with Gasteiger partial charge in [-0.25, -0.2) is 9.67 Å². The Bertz CT molecular complexity index is 1290. The third-order valence-electron chi connectivity index (χ3n) is 4.64. The van der Waals surface area contributed by atoms with E-state index < -0.39 is 6.61 Å². The van der Waals surface area contributed by atoms with E-state index in [0.29, 0.717) is 29.2 Å². The van der Waals surface area contributed by atoms with Crippen LogP contribution in [0.5, 0.6) is 5.75 Å². The molecule has 2 heterocycles. The molecule has 0 saturated heterocycles. The van der Waals surface area contributed by atoms with Crippen molar-refractivity contribution in [3.8, 4) is 11.4 Å². The average molecular weight is 471 g/mol. The molecule has 2 aromatic carbocycles. The number of amides is 1. The SMILES string of the molecule is O=C(CSc1nc2c(cnn2-c2ccccc2)c(=O)[nH]1)NCCc1ccc(OC(F)F)cc1. The number of rotatable bonds is 9. The van der Waals surface area contributed by atoms with E-state index in [9.17, 15) is 18.4 Å². The Morgan fingerprint density at radius 2 is 1.91 bits per heavy atom. The van der Waals surface area contributed by atoms with Crippen molar-refractivity contribution in [2.75, 3.05) is 12.3 Å². The van der Waals surface area contributed by atoms with Gasteiger partial charge >= 0.3 is 6.61 Å². The number of H-pyrrole nitrogens is 1. The number of aromatic amines is 1. The number of hydrogen-bond acceptors (Lipinski definition) is 6. The van der Waals surface area contributed by atoms with Gasteiger partial charge in [-0.3, -0.25) is 9.59 Å². The predicted octanol–water partition coefficient (Wildman–Crippen LogP) is 3.16. The van der Waals surface area contributed by atoms with Gasteiger partial charge in [0.25, 0.3) is 5.56 Å². The lowest BCUT2D eigenvalue weighted by atomic mass is 10.1. The summed E-state index contributed by atoms with van der Waals surface area (Å²) in [6.45, 7) is -2.49. The standard InChI is InChI=1S/C22H19F2N5O3S/c23-21(24)32-16-8-6-14(7-9-16)10-11-25-18(30)13-33-22-27-19-17(20(31)28-22)12-26-29(19)15-4-2-1-3-5-15/h1-9,12,21H,10-11,13H2,(H,25,30)(H,27,28,31). The number of carbonyl (C=O) groups excluding carboxylic acids is 1. The molecular formula is C22H19F2N5O3S. The number of nitrogens with zero attached hydrogens (tertiary/aromatic N) is 3. The minimum absolute atomic E-state index is 0.0646. The Morgan fingerprint density at radius 3 is 2.64 bits per heavy atom. The molecule has 0 saturated carbocycles. The Labute approximate surface area is 191 Å². The van der Waals surface area contributed by atoms with E-state index in [4.69, 9.17) is 0 Å². The lowest BCUT2D eigenvalue weighted by Crippen LogP contribution is -2.27. The Balaban J connectivity index is 1.32. The van der Waals surface area contributed by atoms with Crippen molar-refractivity contribution in [3.05, 3.63) is 76.7 Å². The largest absolute Gasteiger partial charge is 0.435 e. The van der Waals surface area contributed by atoms with E-state index in [2.05, 4.69) is 25.1 Å². The average Bonchev–Trinajstić information content (AvgIpc) is 3.24. The molecule has 4 aromatic rings. The van der Waals surface area contributed by atoms with Gasteiger partial charge in [0.1, 0.15) is 11.1 Å². The molecule has 33 heavy (non-hydrogen) atoms. The van der Waals surface area contributed by atoms with Crippen molar-refractivity contribution >= 4 is 28.7 Å². The highest BCUT2D eigenvalue weighted by Gasteiger charge is 2.13. The van der Waals surface area contributed by atoms with Gasteiger partial charge in [0.05, 0.1) is 17.6 Å². The molecule has 4 rings (SSSR count). The molecule has 11 heteroatoms. The molecule has 0 bridgehead atoms. The number of fused-ring (bicyclic) bond motifs is 1. The summed E-state index contributed by atoms with van der Waals surface area (Å²) in [4.78, 5) is 31.7. The molecule has 0 aliphatic rings. The maximum absolute atomic E-state index is 12.4. The first-order valence-corrected chi connectivity index (χ1v) is 10.9. The summed E-state index contributed by atoms with van der Waals surface area (Å²) in [6.07, 6.45) is 1.99. The van der Waals surface area contributed by atoms with Crippen molar-refractivity contribution in [1.29, 1.82) is 0 Å². The molecule has 2 N–H and O–H groups in total. The zero-order valence-electron chi connectivity index (χ0n) is 17.2. The summed E-state index contributed by atoms with van der Waals surface area (Å²) in [5, 5.41) is 7.71. The number of nitrogens with one attached hydrogen (secondary N) is 2. The van der Waals surface area contributed by atoms with Gasteiger partial charge < -0.3 is 15.0 Å². The van der Waals surface area contributed by atoms with Gasteiger partial charge in [-0.2, -0.15) is 13.9 Å². The lowest BCUT2D eigenvalue weighted by molar-refractivity contribution is -0.118. The highest BCUT2D eigenvalue weighted by Crippen LogP contribution is 2.18. The molecule has 0 aliphatic carbocycles. The summed E-state index contributed by atoms with van der Waals surface area (Å²) in [6, 6.07) is 15.6. The molecule has 1 amide bonds. The molecule has 0 atom stereocenters. The van der Waals surface area contributed by atoms with Crippen LogP contribution >= 0.6 is 11.8 Å². The molecular weight excluding hydrogens is 452 g/mol. The first-order valence-electron chi connectivity index (χ1n) is 9.96. The Morgan fingerprint density at radius 1 is 1.15 bits per heavy atom. The third-order valence-corrected chi connectivity index (χ3v) is 5.51. The topological polar surface area (TPSA) is 102 Å². The van der Waals surface area contributed by atoms with Gasteiger partial charge in [0, 0.05) is 6.54 Å². The smallest absolute Gasteiger partial charge is 0.387 e. The predicted molar refractivity (Wildman–Crippen MR) is 120 cm³/mol. The Hall–Kier alpha value is -3.73. The van der Waals surface area contributed by atoms with E-state index in [1.807, 2.05) is 30.3 Å². The maximum Gasteiger partial charge on any atom is 0.387 e. The van der Waals surface area contributed by atoms with Crippen molar-refractivity contribution in [2.24, 2.45) is 0 Å². The van der Waals surface area contributed by atoms with Crippen LogP contribution in [-0.4, -0.2) is 44.6 Å². The van der Waals surface area contributed by atoms with Crippen LogP contribution in [-0.2, 0) is 11.2 Å². The van der Waals surface area contributed by atoms with E-state index in [-0.39, 0.29) is 23.0 Å². The second-order valence-corrected chi connectivity index (χ2v) is 7.88. The van der Waals surface area contributed by atoms with E-state index >= 15 is 0 Å². The van der Waals surface area contributed by atoms with Crippen LogP contribution in [0.4, 0.5) is 8.78 Å². The first kappa shape index (κ1) is 22.5. The van der Waals surface area contributed by atoms with Crippen LogP contribution < -0.4 is 15.6 Å². The maximum atomic E-state index is 12.4. The zero-order chi connectivity index (χ0) is 23.2. The molecule has 170 valence electrons. The van der Waals surface area contributed by atoms with Crippen LogP contribution in [0.1, 0.15) is 5.56 Å². The number of benzene rings is 2. The van der Waals surface area contributed by atoms with Crippen molar-refractivity contribution < 1.29 is 18.3 Å². The van der Waals surface area contributed by atoms with Gasteiger partial charge in [0.15, 0.2) is 10.8 Å². The molecule has 0 fully saturated rings. The molecule has 2 aromatic heterocycles. The fraction of sp³-hybridized carbons (Fsp3) is 0.182. The quantitative estimate of drug-likeness (QED) is 0.287. The number of alkyl halides is 2. The fourth-order valence-electron chi connectivity index (χ4n) is 3.09. The van der Waals surface area contributed by atoms with Crippen LogP contribution in [0.25, 0.3) is 16.7 Å². The van der Waals surface area contributed by atoms with Crippen LogP contribution in [0.3, 0.4) is 0 Å². The van der Waals surface area contributed by atoms with Gasteiger partial charge in [0.2, 0.25) is 5.91 Å². The van der Waals surface area contributed by atoms with Crippen molar-refractivity contribution in [2.45, 2.75) is 18.2 Å². The number of thioether (sulfide) groups is 1. The molecule has 8 nitrogen and oxygen atoms in total. The first-order chi connectivity index (χ1) is 16.0. The second kappa shape index (κ2) is 10.3. The minimum atomic E-state index is -2.86. The number of ether oxygens (including phenoxy) is 1. The molecule has 0 spiro atoms. The normalized spacial score (nSPS) is 11.1. The van der Waals surface area contributed by atoms with Crippen LogP contribution in [0, 0.1) is 0 Å². The molecule has 0 radical (unpaired) electrons. The highest BCUT2D eigenvalue weighted by molar-refractivity contribution is 7.99. The summed E-state index contributed by atoms with van der Waals surface area (Å²) in [7, 11) is 0. The monoisotopic (exact) mass is 471 g/mol. The van der Waals surface area contributed by atoms with E-state index in [1.54, 1.807) is 16.8 Å². The van der Waals surface area contributed by atoms with Gasteiger partial charge in [-0.15, -0.1) is 0 Å². The zero-order valence-corrected chi connectivity index (χ0v) is 18.0. The number of para-hydroxylation sites is 1. The highest BCUT2D eigenvalue weighted by atomic mass is 32.2. The fourth-order valence-corrected chi connectivity index (χ4v) is 3.78. The van der Waals surface area contributed by atoms with E-state index in [0.717, 1.165) is 23.0 Å². The number of carbonyl (C=O) groups is 1. The summed E-state index contributed by atoms with van der Waals surface area (Å²) >= 11 is 1.11. The number of hydrogen-bond donors (Lipinski definition) is 2. The second-order valence-electron chi connectivity index (χ2n) is 6.91. The minimum Gasteiger partial charge on any atom is -0.435 e. The summed E-state index contributed by atoms with van der Waals surface area (Å²) < 4.78 is 30.3. The third kappa shape index (κ3) is 5.75. The van der Waals surface area contributed by atoms with Gasteiger partial charge in [-0.1, -0.05) is 42.1 Å². The Kier molecular flexibility index (Phi) is 6.98. The van der Waals surface area contributed by atoms with E-state index in [1.165, 1.54) is 18.3 Å².